The zero-order valence-electron chi connectivity index (χ0n) is 13.1. The molecule has 2 atom stereocenters. The molecule has 21 heavy (non-hydrogen) atoms. The van der Waals surface area contributed by atoms with Crippen LogP contribution in [0, 0.1) is 0 Å². The molecule has 0 unspecified atom stereocenters. The van der Waals surface area contributed by atoms with Gasteiger partial charge in [0.2, 0.25) is 0 Å². The second-order valence-electron chi connectivity index (χ2n) is 4.70. The Morgan fingerprint density at radius 2 is 2.24 bits per heavy atom. The first kappa shape index (κ1) is 18.6. The average molecular weight is 328 g/mol. The van der Waals surface area contributed by atoms with Crippen LogP contribution in [0.4, 0.5) is 4.79 Å². The summed E-state index contributed by atoms with van der Waals surface area (Å²) in [5.74, 6) is 0. The number of hydrogen-bond acceptors (Lipinski definition) is 5. The molecule has 2 heterocycles. The van der Waals surface area contributed by atoms with E-state index in [0.717, 1.165) is 0 Å². The SMILES string of the molecule is C=C(C)C1=C[C@@H](COC)N2C[C@@H]1N(OS(=O)(=O)O)C2=O.[H+].[Na+]. The van der Waals surface area contributed by atoms with Gasteiger partial charge in [0.05, 0.1) is 19.2 Å². The number of hydroxylamine groups is 2. The molecule has 1 N–H and O–H groups in total. The van der Waals surface area contributed by atoms with E-state index in [1.54, 1.807) is 13.0 Å². The van der Waals surface area contributed by atoms with E-state index in [1.165, 1.54) is 12.0 Å². The van der Waals surface area contributed by atoms with E-state index in [1.807, 2.05) is 0 Å². The Balaban J connectivity index is 0.00000220. The van der Waals surface area contributed by atoms with E-state index in [-0.39, 0.29) is 50.2 Å². The van der Waals surface area contributed by atoms with Crippen LogP contribution < -0.4 is 29.6 Å². The summed E-state index contributed by atoms with van der Waals surface area (Å²) in [5, 5.41) is 0.658. The number of amides is 2. The van der Waals surface area contributed by atoms with Gasteiger partial charge in [0.1, 0.15) is 6.04 Å². The molecule has 0 saturated carbocycles. The molecule has 2 rings (SSSR count). The summed E-state index contributed by atoms with van der Waals surface area (Å²) in [6, 6.07) is -1.58. The Morgan fingerprint density at radius 1 is 1.62 bits per heavy atom. The predicted molar refractivity (Wildman–Crippen MR) is 70.0 cm³/mol. The first-order chi connectivity index (χ1) is 9.24. The van der Waals surface area contributed by atoms with E-state index in [4.69, 9.17) is 9.29 Å². The summed E-state index contributed by atoms with van der Waals surface area (Å²) in [6.07, 6.45) is 1.80. The third-order valence-corrected chi connectivity index (χ3v) is 3.57. The summed E-state index contributed by atoms with van der Waals surface area (Å²) in [6.45, 7) is 6.09. The van der Waals surface area contributed by atoms with Crippen LogP contribution in [-0.2, 0) is 19.4 Å². The van der Waals surface area contributed by atoms with E-state index >= 15 is 0 Å². The molecule has 2 bridgehead atoms. The molecule has 10 heteroatoms. The molecule has 0 radical (unpaired) electrons. The topological polar surface area (TPSA) is 96.4 Å². The molecule has 0 aliphatic carbocycles. The Kier molecular flexibility index (Phi) is 6.01. The van der Waals surface area contributed by atoms with E-state index in [2.05, 4.69) is 10.9 Å². The van der Waals surface area contributed by atoms with Gasteiger partial charge in [-0.1, -0.05) is 18.2 Å². The van der Waals surface area contributed by atoms with Crippen LogP contribution >= 0.6 is 0 Å². The molecular formula is C11H17N2NaO6S+2. The van der Waals surface area contributed by atoms with Crippen LogP contribution in [0.3, 0.4) is 0 Å². The quantitative estimate of drug-likeness (QED) is 0.442. The molecule has 8 nitrogen and oxygen atoms in total. The van der Waals surface area contributed by atoms with Gasteiger partial charge >= 0.3 is 47.4 Å². The van der Waals surface area contributed by atoms with E-state index in [0.29, 0.717) is 16.2 Å². The molecule has 1 saturated heterocycles. The van der Waals surface area contributed by atoms with Crippen molar-refractivity contribution < 1.29 is 57.8 Å². The van der Waals surface area contributed by atoms with Crippen LogP contribution in [-0.4, -0.2) is 61.3 Å². The van der Waals surface area contributed by atoms with Gasteiger partial charge in [-0.25, -0.2) is 4.79 Å². The number of hydrogen-bond donors (Lipinski definition) is 1. The van der Waals surface area contributed by atoms with Crippen molar-refractivity contribution in [2.24, 2.45) is 0 Å². The minimum atomic E-state index is -4.77. The van der Waals surface area contributed by atoms with Crippen molar-refractivity contribution >= 4 is 16.4 Å². The minimum Gasteiger partial charge on any atom is -0.382 e. The number of rotatable bonds is 5. The second-order valence-corrected chi connectivity index (χ2v) is 5.71. The fraction of sp³-hybridized carbons (Fsp3) is 0.545. The van der Waals surface area contributed by atoms with Crippen LogP contribution in [0.2, 0.25) is 0 Å². The van der Waals surface area contributed by atoms with Crippen molar-refractivity contribution in [3.8, 4) is 0 Å². The maximum Gasteiger partial charge on any atom is 1.00 e. The number of nitrogens with zero attached hydrogens (tertiary/aromatic N) is 2. The number of fused-ring (bicyclic) bond motifs is 2. The largest absolute Gasteiger partial charge is 1.00 e. The van der Waals surface area contributed by atoms with Gasteiger partial charge in [-0.15, -0.1) is 4.28 Å². The molecule has 2 amide bonds. The van der Waals surface area contributed by atoms with Crippen molar-refractivity contribution in [3.63, 3.8) is 0 Å². The Labute approximate surface area is 147 Å². The third-order valence-electron chi connectivity index (χ3n) is 3.22. The first-order valence-corrected chi connectivity index (χ1v) is 7.24. The van der Waals surface area contributed by atoms with Crippen LogP contribution in [0.25, 0.3) is 0 Å². The van der Waals surface area contributed by atoms with Crippen molar-refractivity contribution in [1.29, 1.82) is 0 Å². The fourth-order valence-electron chi connectivity index (χ4n) is 2.43. The summed E-state index contributed by atoms with van der Waals surface area (Å²) in [7, 11) is -3.26. The van der Waals surface area contributed by atoms with Crippen LogP contribution in [0.1, 0.15) is 8.35 Å². The number of methoxy groups -OCH3 is 1. The van der Waals surface area contributed by atoms with Crippen molar-refractivity contribution in [2.45, 2.75) is 19.0 Å². The van der Waals surface area contributed by atoms with Gasteiger partial charge < -0.3 is 9.64 Å². The van der Waals surface area contributed by atoms with Crippen LogP contribution in [0.5, 0.6) is 0 Å². The van der Waals surface area contributed by atoms with Gasteiger partial charge in [-0.2, -0.15) is 13.5 Å². The maximum atomic E-state index is 12.2. The molecule has 1 fully saturated rings. The Bertz CT molecular complexity index is 581. The Morgan fingerprint density at radius 3 is 2.71 bits per heavy atom. The van der Waals surface area contributed by atoms with Crippen LogP contribution in [0.15, 0.2) is 23.8 Å². The number of ether oxygens (including phenoxy) is 1. The molecular weight excluding hydrogens is 311 g/mol. The molecule has 0 aromatic heterocycles. The molecule has 112 valence electrons. The molecule has 0 spiro atoms. The monoisotopic (exact) mass is 328 g/mol. The van der Waals surface area contributed by atoms with Gasteiger partial charge in [0.15, 0.2) is 0 Å². The first-order valence-electron chi connectivity index (χ1n) is 5.88. The van der Waals surface area contributed by atoms with Crippen molar-refractivity contribution in [3.05, 3.63) is 23.8 Å². The minimum absolute atomic E-state index is 0. The molecule has 0 aromatic rings. The number of carbonyl (C=O) groups is 1. The summed E-state index contributed by atoms with van der Waals surface area (Å²) in [5.41, 5.74) is 1.38. The standard InChI is InChI=1S/C11H16N2O6S.Na/c1-7(2)9-4-8(6-18-3)12-5-10(9)13(11(12)14)19-20(15,16)17;/h4,8,10H,1,5-6H2,2-3H3,(H,15,16,17);/q;+1/p+1/t8-,10-;/m0./s1. The van der Waals surface area contributed by atoms with Gasteiger partial charge in [0.25, 0.3) is 0 Å². The molecule has 2 aliphatic rings. The summed E-state index contributed by atoms with van der Waals surface area (Å²) in [4.78, 5) is 13.6. The second kappa shape index (κ2) is 6.78. The zero-order valence-corrected chi connectivity index (χ0v) is 15.0. The van der Waals surface area contributed by atoms with Gasteiger partial charge in [-0.3, -0.25) is 4.55 Å². The zero-order chi connectivity index (χ0) is 15.1. The van der Waals surface area contributed by atoms with Gasteiger partial charge in [-0.05, 0) is 12.5 Å². The summed E-state index contributed by atoms with van der Waals surface area (Å²) < 4.78 is 39.9. The summed E-state index contributed by atoms with van der Waals surface area (Å²) >= 11 is 0. The molecule has 0 aromatic carbocycles. The third kappa shape index (κ3) is 3.86. The number of carbonyl (C=O) groups excluding carboxylic acids is 1. The number of urea groups is 1. The fourth-order valence-corrected chi connectivity index (χ4v) is 2.80. The van der Waals surface area contributed by atoms with E-state index < -0.39 is 22.5 Å². The predicted octanol–water partition coefficient (Wildman–Crippen LogP) is -2.53. The van der Waals surface area contributed by atoms with Gasteiger partial charge in [0, 0.05) is 7.11 Å². The Hall–Kier alpha value is -0.420. The maximum absolute atomic E-state index is 12.2. The average Bonchev–Trinajstić information content (AvgIpc) is 2.57. The van der Waals surface area contributed by atoms with E-state index in [9.17, 15) is 13.2 Å². The normalized spacial score (nSPS) is 24.7. The van der Waals surface area contributed by atoms with Crippen molar-refractivity contribution in [1.82, 2.24) is 9.96 Å². The molecule has 2 aliphatic heterocycles. The smallest absolute Gasteiger partial charge is 0.382 e. The van der Waals surface area contributed by atoms with Crippen molar-refractivity contribution in [2.75, 3.05) is 20.3 Å².